The van der Waals surface area contributed by atoms with E-state index in [1.54, 1.807) is 7.05 Å². The van der Waals surface area contributed by atoms with Crippen LogP contribution in [-0.4, -0.2) is 67.2 Å². The van der Waals surface area contributed by atoms with Gasteiger partial charge in [-0.1, -0.05) is 149 Å². The van der Waals surface area contributed by atoms with Crippen LogP contribution in [0.25, 0.3) is 0 Å². The Balaban J connectivity index is 4.87. The number of hydrogen-bond acceptors (Lipinski definition) is 9. The van der Waals surface area contributed by atoms with Gasteiger partial charge in [0.25, 0.3) is 6.20 Å². The fourth-order valence-electron chi connectivity index (χ4n) is 7.59. The molecule has 2 N–H and O–H groups in total. The molecule has 0 rings (SSSR count). The predicted molar refractivity (Wildman–Crippen MR) is 243 cm³/mol. The van der Waals surface area contributed by atoms with Crippen molar-refractivity contribution in [3.63, 3.8) is 0 Å². The summed E-state index contributed by atoms with van der Waals surface area (Å²) < 4.78 is 11.5. The topological polar surface area (TPSA) is 123 Å². The average molecular weight is 821 g/mol. The zero-order valence-electron chi connectivity index (χ0n) is 38.5. The second kappa shape index (κ2) is 42.5. The number of nitrogens with one attached hydrogen (secondary N) is 2. The molecule has 0 saturated carbocycles. The first kappa shape index (κ1) is 55.4. The van der Waals surface area contributed by atoms with Crippen LogP contribution in [0.4, 0.5) is 0 Å². The summed E-state index contributed by atoms with van der Waals surface area (Å²) in [7, 11) is 1.68. The molecule has 0 aromatic heterocycles. The molecule has 0 aromatic rings. The van der Waals surface area contributed by atoms with E-state index < -0.39 is 4.92 Å². The van der Waals surface area contributed by atoms with Gasteiger partial charge >= 0.3 is 11.9 Å². The fourth-order valence-corrected chi connectivity index (χ4v) is 7.59. The van der Waals surface area contributed by atoms with Crippen molar-refractivity contribution in [3.8, 4) is 0 Å². The van der Waals surface area contributed by atoms with Crippen LogP contribution in [0.15, 0.2) is 24.2 Å². The summed E-state index contributed by atoms with van der Waals surface area (Å²) in [6.07, 6.45) is 39.2. The molecule has 0 aliphatic carbocycles. The molecule has 0 aliphatic heterocycles. The van der Waals surface area contributed by atoms with Gasteiger partial charge in [-0.3, -0.25) is 19.7 Å². The maximum absolute atomic E-state index is 13.0. The van der Waals surface area contributed by atoms with Crippen LogP contribution < -0.4 is 10.6 Å². The number of nitro groups is 1. The Kier molecular flexibility index (Phi) is 40.6. The van der Waals surface area contributed by atoms with Gasteiger partial charge in [-0.15, -0.1) is 0 Å². The number of nitrogens with zero attached hydrogens (tertiary/aromatic N) is 2. The predicted octanol–water partition coefficient (Wildman–Crippen LogP) is 12.7. The molecule has 0 spiro atoms. The summed E-state index contributed by atoms with van der Waals surface area (Å²) >= 11 is 0. The molecule has 58 heavy (non-hydrogen) atoms. The Morgan fingerprint density at radius 1 is 0.638 bits per heavy atom. The Morgan fingerprint density at radius 2 is 1.16 bits per heavy atom. The molecule has 340 valence electrons. The van der Waals surface area contributed by atoms with Gasteiger partial charge in [0, 0.05) is 39.0 Å². The van der Waals surface area contributed by atoms with Crippen LogP contribution in [0.3, 0.4) is 0 Å². The zero-order chi connectivity index (χ0) is 42.7. The van der Waals surface area contributed by atoms with E-state index in [-0.39, 0.29) is 18.0 Å². The summed E-state index contributed by atoms with van der Waals surface area (Å²) in [5, 5.41) is 17.0. The van der Waals surface area contributed by atoms with E-state index in [2.05, 4.69) is 49.3 Å². The van der Waals surface area contributed by atoms with Gasteiger partial charge in [-0.2, -0.15) is 0 Å². The van der Waals surface area contributed by atoms with Gasteiger partial charge in [0.2, 0.25) is 0 Å². The van der Waals surface area contributed by atoms with E-state index in [1.807, 2.05) is 6.08 Å². The molecule has 10 nitrogen and oxygen atoms in total. The van der Waals surface area contributed by atoms with Crippen molar-refractivity contribution in [2.75, 3.05) is 33.3 Å². The van der Waals surface area contributed by atoms with E-state index >= 15 is 0 Å². The monoisotopic (exact) mass is 821 g/mol. The zero-order valence-corrected chi connectivity index (χ0v) is 38.5. The van der Waals surface area contributed by atoms with Crippen molar-refractivity contribution in [1.29, 1.82) is 0 Å². The summed E-state index contributed by atoms with van der Waals surface area (Å²) in [6, 6.07) is 0.419. The van der Waals surface area contributed by atoms with Gasteiger partial charge in [0.15, 0.2) is 5.82 Å². The molecule has 0 heterocycles. The summed E-state index contributed by atoms with van der Waals surface area (Å²) in [5.74, 6) is 0.277. The molecule has 0 radical (unpaired) electrons. The van der Waals surface area contributed by atoms with Crippen molar-refractivity contribution < 1.29 is 24.0 Å². The number of carbonyl (C=O) groups excluding carboxylic acids is 2. The van der Waals surface area contributed by atoms with E-state index in [9.17, 15) is 19.7 Å². The van der Waals surface area contributed by atoms with Crippen LogP contribution in [0.1, 0.15) is 227 Å². The third-order valence-electron chi connectivity index (χ3n) is 11.2. The number of hydrogen-bond donors (Lipinski definition) is 2. The van der Waals surface area contributed by atoms with Crippen molar-refractivity contribution in [2.45, 2.75) is 239 Å². The lowest BCUT2D eigenvalue weighted by Gasteiger charge is -2.31. The molecule has 0 aromatic carbocycles. The van der Waals surface area contributed by atoms with Crippen molar-refractivity contribution in [3.05, 3.63) is 34.3 Å². The number of carbonyl (C=O) groups is 2. The van der Waals surface area contributed by atoms with Crippen LogP contribution in [-0.2, 0) is 19.1 Å². The standard InChI is InChI=1S/C48H92N4O6/c1-6-10-13-16-19-25-32-42-57-47(53)37-28-23-20-24-31-40-51(41-33-39-50-46(49-5)43-52(55)56)44(9-4)34-29-30-38-48(54)58-45(35-26-21-17-14-11-7-2)36-27-22-18-15-12-8-3/h25,32,43-45,49-50H,6-24,26-31,33-42H2,1-5H3/b32-25-,46-43?. The number of unbranched alkanes of at least 4 members (excludes halogenated alkanes) is 19. The van der Waals surface area contributed by atoms with Crippen LogP contribution in [0, 0.1) is 10.1 Å². The summed E-state index contributed by atoms with van der Waals surface area (Å²) in [4.78, 5) is 38.3. The first-order valence-corrected chi connectivity index (χ1v) is 24.3. The number of ether oxygens (including phenoxy) is 2. The van der Waals surface area contributed by atoms with Crippen molar-refractivity contribution in [2.24, 2.45) is 0 Å². The lowest BCUT2D eigenvalue weighted by Crippen LogP contribution is -2.38. The van der Waals surface area contributed by atoms with E-state index in [0.717, 1.165) is 116 Å². The summed E-state index contributed by atoms with van der Waals surface area (Å²) in [6.45, 7) is 11.9. The highest BCUT2D eigenvalue weighted by Gasteiger charge is 2.18. The maximum atomic E-state index is 13.0. The SMILES string of the molecule is CCCCCC/C=C\COC(=O)CCCCCCCN(CCCNC(=C[N+](=O)[O-])NC)C(CC)CCCCC(=O)OC(CCCCCCCC)CCCCCCCC. The minimum absolute atomic E-state index is 0.0284. The number of esters is 2. The lowest BCUT2D eigenvalue weighted by atomic mass is 10.0. The molecule has 1 unspecified atom stereocenters. The molecule has 1 atom stereocenters. The van der Waals surface area contributed by atoms with Gasteiger partial charge in [0.05, 0.1) is 4.92 Å². The first-order chi connectivity index (χ1) is 28.3. The number of allylic oxidation sites excluding steroid dienone is 1. The Hall–Kier alpha value is -2.62. The van der Waals surface area contributed by atoms with Gasteiger partial charge < -0.3 is 25.0 Å². The highest BCUT2D eigenvalue weighted by molar-refractivity contribution is 5.69. The minimum Gasteiger partial charge on any atom is -0.462 e. The Morgan fingerprint density at radius 3 is 1.76 bits per heavy atom. The molecular weight excluding hydrogens is 729 g/mol. The molecule has 0 fully saturated rings. The van der Waals surface area contributed by atoms with Crippen LogP contribution >= 0.6 is 0 Å². The molecular formula is C48H92N4O6. The van der Waals surface area contributed by atoms with Crippen molar-refractivity contribution >= 4 is 11.9 Å². The maximum Gasteiger partial charge on any atom is 0.306 e. The second-order valence-electron chi connectivity index (χ2n) is 16.4. The minimum atomic E-state index is -0.447. The fraction of sp³-hybridized carbons (Fsp3) is 0.875. The molecule has 0 aliphatic rings. The van der Waals surface area contributed by atoms with E-state index in [1.165, 1.54) is 89.9 Å². The third kappa shape index (κ3) is 36.5. The van der Waals surface area contributed by atoms with E-state index in [0.29, 0.717) is 37.9 Å². The largest absolute Gasteiger partial charge is 0.462 e. The molecule has 0 bridgehead atoms. The first-order valence-electron chi connectivity index (χ1n) is 24.3. The van der Waals surface area contributed by atoms with Gasteiger partial charge in [-0.05, 0) is 83.6 Å². The van der Waals surface area contributed by atoms with Gasteiger partial charge in [0.1, 0.15) is 12.7 Å². The lowest BCUT2D eigenvalue weighted by molar-refractivity contribution is -0.404. The highest BCUT2D eigenvalue weighted by atomic mass is 16.6. The summed E-state index contributed by atoms with van der Waals surface area (Å²) in [5.41, 5.74) is 0. The Labute approximate surface area is 357 Å². The number of rotatable bonds is 44. The smallest absolute Gasteiger partial charge is 0.306 e. The normalized spacial score (nSPS) is 12.4. The van der Waals surface area contributed by atoms with Crippen LogP contribution in [0.5, 0.6) is 0 Å². The second-order valence-corrected chi connectivity index (χ2v) is 16.4. The molecule has 0 amide bonds. The van der Waals surface area contributed by atoms with Crippen LogP contribution in [0.2, 0.25) is 0 Å². The van der Waals surface area contributed by atoms with E-state index in [4.69, 9.17) is 9.47 Å². The van der Waals surface area contributed by atoms with Crippen molar-refractivity contribution in [1.82, 2.24) is 15.5 Å². The Bertz CT molecular complexity index is 1010. The van der Waals surface area contributed by atoms with Gasteiger partial charge in [-0.25, -0.2) is 0 Å². The third-order valence-corrected chi connectivity index (χ3v) is 11.2. The molecule has 0 saturated heterocycles. The highest BCUT2D eigenvalue weighted by Crippen LogP contribution is 2.20. The molecule has 10 heteroatoms. The average Bonchev–Trinajstić information content (AvgIpc) is 3.21. The quantitative estimate of drug-likeness (QED) is 0.0203.